The molecule has 69 heavy (non-hydrogen) atoms. The lowest BCUT2D eigenvalue weighted by Gasteiger charge is -2.38. The normalized spacial score (nSPS) is 17.3. The van der Waals surface area contributed by atoms with E-state index in [1.807, 2.05) is 36.4 Å². The summed E-state index contributed by atoms with van der Waals surface area (Å²) in [5.41, 5.74) is 5.59. The Morgan fingerprint density at radius 2 is 1.13 bits per heavy atom. The Morgan fingerprint density at radius 1 is 0.623 bits per heavy atom. The van der Waals surface area contributed by atoms with Gasteiger partial charge in [0.15, 0.2) is 0 Å². The first-order chi connectivity index (χ1) is 33.7. The minimum atomic E-state index is -0.443. The highest BCUT2D eigenvalue weighted by atomic mass is 127. The summed E-state index contributed by atoms with van der Waals surface area (Å²) in [6.45, 7) is 4.55. The maximum absolute atomic E-state index is 12.4. The topological polar surface area (TPSA) is 263 Å². The molecule has 0 bridgehead atoms. The number of aromatic nitrogens is 12. The summed E-state index contributed by atoms with van der Waals surface area (Å²) in [6, 6.07) is 28.5. The number of H-pyrrole nitrogens is 3. The monoisotopic (exact) mass is 1050 g/mol. The quantitative estimate of drug-likeness (QED) is 0.0613. The number of nitrogens with one attached hydrogen (secondary N) is 3. The summed E-state index contributed by atoms with van der Waals surface area (Å²) in [4.78, 5) is 49.6. The lowest BCUT2D eigenvalue weighted by Crippen LogP contribution is -2.33. The summed E-state index contributed by atoms with van der Waals surface area (Å²) in [6.07, 6.45) is 9.85. The molecule has 3 aromatic heterocycles. The van der Waals surface area contributed by atoms with Gasteiger partial charge in [-0.3, -0.25) is 4.79 Å². The first kappa shape index (κ1) is 47.9. The Balaban J connectivity index is 0.000000140. The summed E-state index contributed by atoms with van der Waals surface area (Å²) >= 11 is 2.22. The first-order valence-corrected chi connectivity index (χ1v) is 23.5. The number of rotatable bonds is 12. The standard InChI is InChI=1S/C18H22N4O2.C15H11IN4O2.C15H15N5O3/c23-18(14-7-5-13(6-8-14)17-19-21-22-20-17)24-16-10-9-12-3-1-2-4-15(12)11-16;16-13-4-2-1-3-12(13)9-22-15(21)11-7-5-10(6-8-11)14-17-19-20-18-14;1-10-2-7-13(21)20(10)8-9-23-15(22)12-5-3-11(4-6-12)14-16-18-19-17-14/h5-8,12,15-16H,1-4,9-11H2,(H,19,20,21,22);1-8H,9H2,(H,17,18,19,20);3-6H,1-2,7-9H2,(H,16,17,18,19). The van der Waals surface area contributed by atoms with Gasteiger partial charge in [0.25, 0.3) is 0 Å². The second-order valence-corrected chi connectivity index (χ2v) is 17.7. The van der Waals surface area contributed by atoms with Crippen LogP contribution in [-0.2, 0) is 25.6 Å². The van der Waals surface area contributed by atoms with E-state index < -0.39 is 5.97 Å². The van der Waals surface area contributed by atoms with Crippen LogP contribution in [0.1, 0.15) is 94.4 Å². The maximum atomic E-state index is 12.4. The maximum Gasteiger partial charge on any atom is 0.338 e. The molecule has 0 radical (unpaired) electrons. The zero-order chi connectivity index (χ0) is 48.0. The number of likely N-dealkylation sites (tertiary alicyclic amines) is 1. The zero-order valence-electron chi connectivity index (χ0n) is 37.4. The molecule has 21 heteroatoms. The fourth-order valence-electron chi connectivity index (χ4n) is 8.41. The van der Waals surface area contributed by atoms with Crippen molar-refractivity contribution in [2.45, 2.75) is 70.5 Å². The molecule has 2 saturated carbocycles. The van der Waals surface area contributed by atoms with E-state index in [0.717, 1.165) is 56.2 Å². The van der Waals surface area contributed by atoms with Crippen LogP contribution in [0.3, 0.4) is 0 Å². The van der Waals surface area contributed by atoms with E-state index in [4.69, 9.17) is 14.2 Å². The lowest BCUT2D eigenvalue weighted by atomic mass is 9.70. The lowest BCUT2D eigenvalue weighted by molar-refractivity contribution is -0.127. The highest BCUT2D eigenvalue weighted by molar-refractivity contribution is 14.1. The summed E-state index contributed by atoms with van der Waals surface area (Å²) < 4.78 is 17.4. The Hall–Kier alpha value is -7.56. The second-order valence-electron chi connectivity index (χ2n) is 16.5. The van der Waals surface area contributed by atoms with Gasteiger partial charge in [0.05, 0.1) is 23.2 Å². The number of nitrogens with zero attached hydrogens (tertiary/aromatic N) is 10. The van der Waals surface area contributed by atoms with Crippen LogP contribution in [0.15, 0.2) is 109 Å². The average Bonchev–Trinajstić information content (AvgIpc) is 4.26. The fourth-order valence-corrected chi connectivity index (χ4v) is 8.95. The summed E-state index contributed by atoms with van der Waals surface area (Å²) in [5.74, 6) is 2.07. The van der Waals surface area contributed by atoms with Crippen LogP contribution in [0, 0.1) is 15.4 Å². The van der Waals surface area contributed by atoms with Crippen molar-refractivity contribution >= 4 is 46.4 Å². The minimum absolute atomic E-state index is 0.0236. The van der Waals surface area contributed by atoms with Crippen LogP contribution in [-0.4, -0.2) is 110 Å². The number of carbonyl (C=O) groups is 4. The number of halogens is 1. The molecule has 1 aliphatic heterocycles. The number of carbonyl (C=O) groups excluding carboxylic acids is 4. The van der Waals surface area contributed by atoms with Crippen molar-refractivity contribution in [2.75, 3.05) is 13.2 Å². The van der Waals surface area contributed by atoms with E-state index in [-0.39, 0.29) is 37.2 Å². The Kier molecular flexibility index (Phi) is 16.3. The van der Waals surface area contributed by atoms with E-state index in [0.29, 0.717) is 53.5 Å². The summed E-state index contributed by atoms with van der Waals surface area (Å²) in [5, 5.41) is 41.0. The predicted molar refractivity (Wildman–Crippen MR) is 256 cm³/mol. The number of esters is 3. The van der Waals surface area contributed by atoms with E-state index in [1.54, 1.807) is 65.6 Å². The van der Waals surface area contributed by atoms with Gasteiger partial charge in [-0.25, -0.2) is 14.4 Å². The van der Waals surface area contributed by atoms with Crippen LogP contribution in [0.2, 0.25) is 0 Å². The van der Waals surface area contributed by atoms with Gasteiger partial charge in [-0.15, -0.1) is 30.6 Å². The van der Waals surface area contributed by atoms with Gasteiger partial charge in [-0.2, -0.15) is 15.6 Å². The Morgan fingerprint density at radius 3 is 1.62 bits per heavy atom. The van der Waals surface area contributed by atoms with Gasteiger partial charge in [0, 0.05) is 37.9 Å². The van der Waals surface area contributed by atoms with E-state index in [9.17, 15) is 19.2 Å². The van der Waals surface area contributed by atoms with E-state index >= 15 is 0 Å². The molecule has 0 spiro atoms. The van der Waals surface area contributed by atoms with Crippen molar-refractivity contribution in [1.29, 1.82) is 0 Å². The van der Waals surface area contributed by atoms with Crippen molar-refractivity contribution in [3.05, 3.63) is 135 Å². The molecule has 3 fully saturated rings. The average molecular weight is 1050 g/mol. The predicted octanol–water partition coefficient (Wildman–Crippen LogP) is 7.37. The first-order valence-electron chi connectivity index (χ1n) is 22.5. The number of benzene rings is 4. The van der Waals surface area contributed by atoms with Crippen molar-refractivity contribution in [2.24, 2.45) is 11.8 Å². The molecule has 3 N–H and O–H groups in total. The smallest absolute Gasteiger partial charge is 0.338 e. The van der Waals surface area contributed by atoms with Gasteiger partial charge in [-0.05, 0) is 118 Å². The van der Waals surface area contributed by atoms with Gasteiger partial charge in [0.1, 0.15) is 19.3 Å². The van der Waals surface area contributed by atoms with Crippen molar-refractivity contribution in [3.63, 3.8) is 0 Å². The SMILES string of the molecule is C=C1CCC(=O)N1CCOC(=O)c1ccc(-c2nn[nH]n2)cc1.O=C(OC1CCC2CCCCC2C1)c1ccc(-c2nn[nH]n2)cc1.O=C(OCc1ccccc1I)c1ccc(-c2nn[nH]n2)cc1. The van der Waals surface area contributed by atoms with Crippen LogP contribution < -0.4 is 0 Å². The van der Waals surface area contributed by atoms with E-state index in [2.05, 4.69) is 91.0 Å². The number of tetrazole rings is 3. The van der Waals surface area contributed by atoms with Crippen molar-refractivity contribution in [3.8, 4) is 34.2 Å². The third-order valence-electron chi connectivity index (χ3n) is 12.1. The molecule has 354 valence electrons. The van der Waals surface area contributed by atoms with Gasteiger partial charge in [-0.1, -0.05) is 86.9 Å². The molecular formula is C48H48IN13O7. The van der Waals surface area contributed by atoms with Crippen LogP contribution in [0.25, 0.3) is 34.2 Å². The molecule has 1 amide bonds. The third kappa shape index (κ3) is 12.9. The zero-order valence-corrected chi connectivity index (χ0v) is 39.5. The van der Waals surface area contributed by atoms with Gasteiger partial charge in [0.2, 0.25) is 23.4 Å². The number of fused-ring (bicyclic) bond motifs is 1. The highest BCUT2D eigenvalue weighted by Gasteiger charge is 2.34. The molecule has 10 rings (SSSR count). The molecule has 3 atom stereocenters. The van der Waals surface area contributed by atoms with Gasteiger partial charge < -0.3 is 19.1 Å². The molecule has 3 aliphatic rings. The van der Waals surface area contributed by atoms with Gasteiger partial charge >= 0.3 is 17.9 Å². The molecule has 3 unspecified atom stereocenters. The Labute approximate surface area is 409 Å². The molecule has 4 heterocycles. The number of amides is 1. The third-order valence-corrected chi connectivity index (χ3v) is 13.2. The second kappa shape index (κ2) is 23.4. The molecule has 1 saturated heterocycles. The van der Waals surface area contributed by atoms with Crippen LogP contribution in [0.5, 0.6) is 0 Å². The van der Waals surface area contributed by atoms with E-state index in [1.165, 1.54) is 32.1 Å². The number of hydrogen-bond acceptors (Lipinski definition) is 16. The molecule has 20 nitrogen and oxygen atoms in total. The minimum Gasteiger partial charge on any atom is -0.460 e. The number of hydrogen-bond donors (Lipinski definition) is 3. The van der Waals surface area contributed by atoms with Crippen LogP contribution >= 0.6 is 22.6 Å². The Bertz CT molecular complexity index is 2780. The molecule has 4 aromatic carbocycles. The highest BCUT2D eigenvalue weighted by Crippen LogP contribution is 2.41. The van der Waals surface area contributed by atoms with Crippen molar-refractivity contribution < 1.29 is 33.4 Å². The number of ether oxygens (including phenoxy) is 3. The number of aromatic amines is 3. The molecule has 7 aromatic rings. The largest absolute Gasteiger partial charge is 0.460 e. The molecular weight excluding hydrogens is 998 g/mol. The van der Waals surface area contributed by atoms with Crippen molar-refractivity contribution in [1.82, 2.24) is 66.8 Å². The number of allylic oxidation sites excluding steroid dienone is 1. The summed E-state index contributed by atoms with van der Waals surface area (Å²) in [7, 11) is 0. The fraction of sp³-hybridized carbons (Fsp3) is 0.312. The van der Waals surface area contributed by atoms with Crippen LogP contribution in [0.4, 0.5) is 0 Å². The molecule has 2 aliphatic carbocycles.